The average Bonchev–Trinajstić information content (AvgIpc) is 2.36. The summed E-state index contributed by atoms with van der Waals surface area (Å²) in [6, 6.07) is -1.10. The number of rotatable bonds is 2. The second-order valence-electron chi connectivity index (χ2n) is 1.52. The highest BCUT2D eigenvalue weighted by molar-refractivity contribution is 7.05. The van der Waals surface area contributed by atoms with Crippen LogP contribution in [0.3, 0.4) is 0 Å². The number of carboxylic acid groups (broad SMARTS) is 1. The lowest BCUT2D eigenvalue weighted by Crippen LogP contribution is -2.20. The monoisotopic (exact) mass is 160 g/mol. The number of aliphatic carboxylic acids is 1. The van der Waals surface area contributed by atoms with Gasteiger partial charge in [-0.3, -0.25) is 4.79 Å². The number of nitrogens with two attached hydrogens (primary N) is 1. The Kier molecular flexibility index (Phi) is 1.88. The fourth-order valence-electron chi connectivity index (χ4n) is 0.365. The van der Waals surface area contributed by atoms with E-state index in [9.17, 15) is 4.79 Å². The molecule has 0 saturated heterocycles. The predicted molar refractivity (Wildman–Crippen MR) is 32.3 cm³/mol. The van der Waals surface area contributed by atoms with E-state index in [2.05, 4.69) is 14.8 Å². The fraction of sp³-hybridized carbons (Fsp3) is 0.333. The fourth-order valence-corrected chi connectivity index (χ4v) is 0.809. The Morgan fingerprint density at radius 1 is 1.80 bits per heavy atom. The van der Waals surface area contributed by atoms with Crippen molar-refractivity contribution in [2.75, 3.05) is 0 Å². The standard InChI is InChI=1S/C3H4N4O2S/c4-1(3(8)9)2-5-6-7-10-2/h1H,4H2,(H,8,9). The molecule has 6 nitrogen and oxygen atoms in total. The summed E-state index contributed by atoms with van der Waals surface area (Å²) < 4.78 is 3.36. The van der Waals surface area contributed by atoms with Gasteiger partial charge in [0.15, 0.2) is 11.0 Å². The van der Waals surface area contributed by atoms with Gasteiger partial charge in [-0.1, -0.05) is 4.49 Å². The number of carbonyl (C=O) groups is 1. The first-order chi connectivity index (χ1) is 4.72. The van der Waals surface area contributed by atoms with E-state index in [1.54, 1.807) is 0 Å². The minimum Gasteiger partial charge on any atom is -0.480 e. The summed E-state index contributed by atoms with van der Waals surface area (Å²) in [5.41, 5.74) is 5.15. The molecule has 0 radical (unpaired) electrons. The lowest BCUT2D eigenvalue weighted by molar-refractivity contribution is -0.138. The van der Waals surface area contributed by atoms with Crippen molar-refractivity contribution in [3.63, 3.8) is 0 Å². The van der Waals surface area contributed by atoms with Crippen molar-refractivity contribution >= 4 is 17.5 Å². The molecule has 0 amide bonds. The molecule has 0 aliphatic rings. The molecule has 0 aliphatic carbocycles. The van der Waals surface area contributed by atoms with Crippen LogP contribution in [0.4, 0.5) is 0 Å². The lowest BCUT2D eigenvalue weighted by Gasteiger charge is -1.96. The van der Waals surface area contributed by atoms with Crippen LogP contribution in [0.5, 0.6) is 0 Å². The molecule has 0 bridgehead atoms. The van der Waals surface area contributed by atoms with E-state index in [-0.39, 0.29) is 5.01 Å². The normalized spacial score (nSPS) is 12.9. The molecular formula is C3H4N4O2S. The summed E-state index contributed by atoms with van der Waals surface area (Å²) in [6.45, 7) is 0. The van der Waals surface area contributed by atoms with Gasteiger partial charge in [0.05, 0.1) is 0 Å². The molecule has 1 aromatic rings. The molecule has 1 aromatic heterocycles. The second-order valence-corrected chi connectivity index (χ2v) is 2.28. The quantitative estimate of drug-likeness (QED) is 0.576. The van der Waals surface area contributed by atoms with Crippen molar-refractivity contribution in [1.29, 1.82) is 0 Å². The molecule has 7 heteroatoms. The molecule has 1 unspecified atom stereocenters. The summed E-state index contributed by atoms with van der Waals surface area (Å²) in [7, 11) is 0. The Bertz CT molecular complexity index is 222. The van der Waals surface area contributed by atoms with E-state index in [0.717, 1.165) is 11.5 Å². The van der Waals surface area contributed by atoms with Crippen LogP contribution in [0.25, 0.3) is 0 Å². The van der Waals surface area contributed by atoms with Crippen LogP contribution in [0.1, 0.15) is 11.0 Å². The highest BCUT2D eigenvalue weighted by atomic mass is 32.1. The maximum atomic E-state index is 10.2. The molecular weight excluding hydrogens is 156 g/mol. The molecule has 10 heavy (non-hydrogen) atoms. The van der Waals surface area contributed by atoms with Gasteiger partial charge in [-0.05, 0) is 5.21 Å². The Labute approximate surface area is 59.8 Å². The van der Waals surface area contributed by atoms with Crippen molar-refractivity contribution in [1.82, 2.24) is 14.8 Å². The number of hydrogen-bond donors (Lipinski definition) is 2. The van der Waals surface area contributed by atoms with Crippen LogP contribution < -0.4 is 5.73 Å². The molecule has 1 atom stereocenters. The summed E-state index contributed by atoms with van der Waals surface area (Å²) >= 11 is 0.881. The van der Waals surface area contributed by atoms with E-state index in [1.807, 2.05) is 0 Å². The van der Waals surface area contributed by atoms with Gasteiger partial charge in [-0.15, -0.1) is 5.10 Å². The Balaban J connectivity index is 2.77. The Morgan fingerprint density at radius 2 is 2.50 bits per heavy atom. The summed E-state index contributed by atoms with van der Waals surface area (Å²) in [4.78, 5) is 10.2. The van der Waals surface area contributed by atoms with Gasteiger partial charge in [-0.25, -0.2) is 0 Å². The molecule has 0 aliphatic heterocycles. The van der Waals surface area contributed by atoms with E-state index >= 15 is 0 Å². The van der Waals surface area contributed by atoms with Crippen molar-refractivity contribution in [3.8, 4) is 0 Å². The molecule has 0 fully saturated rings. The van der Waals surface area contributed by atoms with Crippen molar-refractivity contribution in [3.05, 3.63) is 5.01 Å². The SMILES string of the molecule is NC(C(=O)O)c1nnns1. The van der Waals surface area contributed by atoms with E-state index in [4.69, 9.17) is 10.8 Å². The number of nitrogens with zero attached hydrogens (tertiary/aromatic N) is 3. The molecule has 54 valence electrons. The number of carboxylic acids is 1. The topological polar surface area (TPSA) is 102 Å². The number of aromatic nitrogens is 3. The van der Waals surface area contributed by atoms with Gasteiger partial charge >= 0.3 is 5.97 Å². The molecule has 1 heterocycles. The first-order valence-corrected chi connectivity index (χ1v) is 3.12. The van der Waals surface area contributed by atoms with E-state index in [0.29, 0.717) is 0 Å². The largest absolute Gasteiger partial charge is 0.480 e. The maximum absolute atomic E-state index is 10.2. The van der Waals surface area contributed by atoms with Crippen LogP contribution in [0.2, 0.25) is 0 Å². The summed E-state index contributed by atoms with van der Waals surface area (Å²) in [5, 5.41) is 15.1. The highest BCUT2D eigenvalue weighted by Gasteiger charge is 2.17. The average molecular weight is 160 g/mol. The molecule has 0 spiro atoms. The van der Waals surface area contributed by atoms with Gasteiger partial charge in [0.2, 0.25) is 0 Å². The van der Waals surface area contributed by atoms with Crippen molar-refractivity contribution in [2.45, 2.75) is 6.04 Å². The lowest BCUT2D eigenvalue weighted by atomic mass is 10.3. The molecule has 3 N–H and O–H groups in total. The second kappa shape index (κ2) is 2.67. The zero-order chi connectivity index (χ0) is 7.56. The molecule has 0 saturated carbocycles. The van der Waals surface area contributed by atoms with Crippen LogP contribution >= 0.6 is 11.5 Å². The smallest absolute Gasteiger partial charge is 0.327 e. The Morgan fingerprint density at radius 3 is 2.90 bits per heavy atom. The third-order valence-electron chi connectivity index (χ3n) is 0.846. The zero-order valence-corrected chi connectivity index (χ0v) is 5.58. The Hall–Kier alpha value is -1.08. The van der Waals surface area contributed by atoms with Crippen LogP contribution in [0, 0.1) is 0 Å². The van der Waals surface area contributed by atoms with Crippen LogP contribution in [-0.2, 0) is 4.79 Å². The van der Waals surface area contributed by atoms with Crippen LogP contribution in [0.15, 0.2) is 0 Å². The number of hydrogen-bond acceptors (Lipinski definition) is 6. The van der Waals surface area contributed by atoms with Gasteiger partial charge in [-0.2, -0.15) is 0 Å². The minimum absolute atomic E-state index is 0.215. The van der Waals surface area contributed by atoms with E-state index < -0.39 is 12.0 Å². The van der Waals surface area contributed by atoms with Crippen molar-refractivity contribution in [2.24, 2.45) is 5.73 Å². The maximum Gasteiger partial charge on any atom is 0.327 e. The van der Waals surface area contributed by atoms with Crippen LogP contribution in [-0.4, -0.2) is 25.9 Å². The summed E-state index contributed by atoms with van der Waals surface area (Å²) in [5.74, 6) is -1.13. The third-order valence-corrected chi connectivity index (χ3v) is 1.52. The highest BCUT2D eigenvalue weighted by Crippen LogP contribution is 2.08. The molecule has 0 aromatic carbocycles. The van der Waals surface area contributed by atoms with Gasteiger partial charge in [0.25, 0.3) is 0 Å². The zero-order valence-electron chi connectivity index (χ0n) is 4.76. The summed E-state index contributed by atoms with van der Waals surface area (Å²) in [6.07, 6.45) is 0. The minimum atomic E-state index is -1.13. The van der Waals surface area contributed by atoms with Gasteiger partial charge < -0.3 is 10.8 Å². The van der Waals surface area contributed by atoms with Crippen molar-refractivity contribution < 1.29 is 9.90 Å². The van der Waals surface area contributed by atoms with Gasteiger partial charge in [0, 0.05) is 11.5 Å². The van der Waals surface area contributed by atoms with E-state index in [1.165, 1.54) is 0 Å². The third kappa shape index (κ3) is 1.25. The first kappa shape index (κ1) is 7.03. The molecule has 1 rings (SSSR count). The first-order valence-electron chi connectivity index (χ1n) is 2.35. The predicted octanol–water partition coefficient (Wildman–Crippen LogP) is -0.983. The van der Waals surface area contributed by atoms with Gasteiger partial charge in [0.1, 0.15) is 0 Å².